The Hall–Kier alpha value is -2.32. The first-order valence-electron chi connectivity index (χ1n) is 5.59. The minimum Gasteiger partial charge on any atom is -0.290 e. The number of aromatic nitrogens is 2. The first kappa shape index (κ1) is 14.1. The summed E-state index contributed by atoms with van der Waals surface area (Å²) < 4.78 is 22.2. The van der Waals surface area contributed by atoms with Gasteiger partial charge in [-0.3, -0.25) is 10.1 Å². The predicted octanol–water partition coefficient (Wildman–Crippen LogP) is 0.931. The molecule has 1 aromatic heterocycles. The summed E-state index contributed by atoms with van der Waals surface area (Å²) in [5.74, 6) is -0.258. The van der Waals surface area contributed by atoms with Crippen LogP contribution in [0.2, 0.25) is 0 Å². The maximum atomic E-state index is 11.9. The minimum atomic E-state index is -3.77. The molecule has 0 bridgehead atoms. The Bertz CT molecular complexity index is 730. The average molecular weight is 294 g/mol. The van der Waals surface area contributed by atoms with E-state index in [1.807, 2.05) is 6.92 Å². The smallest absolute Gasteiger partial charge is 0.258 e. The van der Waals surface area contributed by atoms with Crippen molar-refractivity contribution < 1.29 is 14.6 Å². The molecule has 1 amide bonds. The highest BCUT2D eigenvalue weighted by molar-refractivity contribution is 7.89. The Labute approximate surface area is 117 Å². The third-order valence-corrected chi connectivity index (χ3v) is 3.38. The van der Waals surface area contributed by atoms with Gasteiger partial charge < -0.3 is 0 Å². The molecule has 0 fully saturated rings. The quantitative estimate of drug-likeness (QED) is 0.873. The maximum absolute atomic E-state index is 11.9. The van der Waals surface area contributed by atoms with E-state index in [9.17, 15) is 13.2 Å². The number of hydrogen-bond donors (Lipinski definition) is 2. The fourth-order valence-electron chi connectivity index (χ4n) is 1.43. The summed E-state index contributed by atoms with van der Waals surface area (Å²) in [5, 5.41) is 7.47. The Morgan fingerprint density at radius 3 is 2.25 bits per heavy atom. The van der Waals surface area contributed by atoms with Gasteiger partial charge in [0.1, 0.15) is 0 Å². The van der Waals surface area contributed by atoms with Gasteiger partial charge in [-0.05, 0) is 36.8 Å². The van der Waals surface area contributed by atoms with E-state index in [2.05, 4.69) is 15.3 Å². The number of rotatable bonds is 3. The van der Waals surface area contributed by atoms with Crippen molar-refractivity contribution in [2.75, 3.05) is 5.32 Å². The molecule has 0 aliphatic heterocycles. The Kier molecular flexibility index (Phi) is 3.77. The second kappa shape index (κ2) is 5.35. The number of aryl methyl sites for hydroxylation is 1. The first-order chi connectivity index (χ1) is 9.36. The summed E-state index contributed by atoms with van der Waals surface area (Å²) in [6.07, 6.45) is 3.15. The van der Waals surface area contributed by atoms with E-state index >= 15 is 0 Å². The lowest BCUT2D eigenvalue weighted by molar-refractivity contribution is 0.102. The molecule has 8 heteroatoms. The van der Waals surface area contributed by atoms with Gasteiger partial charge in [-0.25, -0.2) is 23.5 Å². The SMILES string of the molecule is Cc1cnc(NC(=O)c2ccc(S(N)(=O)=O)cc2)nc1.[HH]. The normalized spacial score (nSPS) is 11.1. The summed E-state index contributed by atoms with van der Waals surface area (Å²) in [7, 11) is -3.77. The summed E-state index contributed by atoms with van der Waals surface area (Å²) in [6, 6.07) is 5.26. The van der Waals surface area contributed by atoms with Gasteiger partial charge in [0.15, 0.2) is 0 Å². The highest BCUT2D eigenvalue weighted by Crippen LogP contribution is 2.10. The van der Waals surface area contributed by atoms with Crippen molar-refractivity contribution in [1.29, 1.82) is 0 Å². The number of sulfonamides is 1. The van der Waals surface area contributed by atoms with Gasteiger partial charge in [0.25, 0.3) is 5.91 Å². The molecule has 0 atom stereocenters. The highest BCUT2D eigenvalue weighted by atomic mass is 32.2. The summed E-state index contributed by atoms with van der Waals surface area (Å²) in [5.41, 5.74) is 1.15. The van der Waals surface area contributed by atoms with Crippen LogP contribution in [0.25, 0.3) is 0 Å². The maximum Gasteiger partial charge on any atom is 0.258 e. The second-order valence-corrected chi connectivity index (χ2v) is 5.67. The van der Waals surface area contributed by atoms with Crippen molar-refractivity contribution >= 4 is 21.9 Å². The van der Waals surface area contributed by atoms with Crippen LogP contribution in [0.5, 0.6) is 0 Å². The molecule has 0 spiro atoms. The van der Waals surface area contributed by atoms with E-state index in [0.717, 1.165) is 5.56 Å². The van der Waals surface area contributed by atoms with Crippen molar-refractivity contribution in [1.82, 2.24) is 9.97 Å². The largest absolute Gasteiger partial charge is 0.290 e. The first-order valence-corrected chi connectivity index (χ1v) is 7.14. The van der Waals surface area contributed by atoms with E-state index in [1.54, 1.807) is 12.4 Å². The van der Waals surface area contributed by atoms with Gasteiger partial charge in [-0.15, -0.1) is 0 Å². The number of benzene rings is 1. The van der Waals surface area contributed by atoms with Gasteiger partial charge in [0.2, 0.25) is 16.0 Å². The molecule has 20 heavy (non-hydrogen) atoms. The van der Waals surface area contributed by atoms with Crippen LogP contribution in [0, 0.1) is 6.92 Å². The standard InChI is InChI=1S/C12H12N4O3S.H2/c1-8-6-14-12(15-7-8)16-11(17)9-2-4-10(5-3-9)20(13,18)19;/h2-7H,1H3,(H2,13,18,19)(H,14,15,16,17);1H. The Morgan fingerprint density at radius 2 is 1.75 bits per heavy atom. The lowest BCUT2D eigenvalue weighted by Crippen LogP contribution is -2.15. The molecule has 7 nitrogen and oxygen atoms in total. The topological polar surface area (TPSA) is 115 Å². The van der Waals surface area contributed by atoms with Crippen LogP contribution in [0.1, 0.15) is 17.3 Å². The number of nitrogens with two attached hydrogens (primary N) is 1. The second-order valence-electron chi connectivity index (χ2n) is 4.11. The molecule has 0 aliphatic carbocycles. The van der Waals surface area contributed by atoms with Crippen LogP contribution < -0.4 is 10.5 Å². The van der Waals surface area contributed by atoms with Gasteiger partial charge in [0, 0.05) is 19.4 Å². The molecule has 0 saturated heterocycles. The summed E-state index contributed by atoms with van der Waals surface area (Å²) >= 11 is 0. The molecule has 2 rings (SSSR count). The molecule has 1 heterocycles. The van der Waals surface area contributed by atoms with Crippen molar-refractivity contribution in [3.05, 3.63) is 47.8 Å². The van der Waals surface area contributed by atoms with Crippen LogP contribution in [0.4, 0.5) is 5.95 Å². The van der Waals surface area contributed by atoms with E-state index in [0.29, 0.717) is 0 Å². The third kappa shape index (κ3) is 3.37. The van der Waals surface area contributed by atoms with Crippen molar-refractivity contribution in [2.45, 2.75) is 11.8 Å². The third-order valence-electron chi connectivity index (χ3n) is 2.45. The van der Waals surface area contributed by atoms with Crippen LogP contribution in [0.15, 0.2) is 41.6 Å². The van der Waals surface area contributed by atoms with Crippen molar-refractivity contribution in [3.8, 4) is 0 Å². The number of anilines is 1. The number of primary sulfonamides is 1. The Balaban J connectivity index is 0.00000220. The zero-order valence-corrected chi connectivity index (χ0v) is 11.4. The monoisotopic (exact) mass is 294 g/mol. The number of carbonyl (C=O) groups excluding carboxylic acids is 1. The molecule has 1 aromatic carbocycles. The van der Waals surface area contributed by atoms with E-state index in [1.165, 1.54) is 24.3 Å². The van der Waals surface area contributed by atoms with Gasteiger partial charge in [-0.2, -0.15) is 0 Å². The molecule has 2 aromatic rings. The van der Waals surface area contributed by atoms with Crippen LogP contribution in [-0.4, -0.2) is 24.3 Å². The lowest BCUT2D eigenvalue weighted by Gasteiger charge is -2.04. The van der Waals surface area contributed by atoms with Gasteiger partial charge in [-0.1, -0.05) is 0 Å². The van der Waals surface area contributed by atoms with Gasteiger partial charge >= 0.3 is 0 Å². The molecule has 106 valence electrons. The fourth-order valence-corrected chi connectivity index (χ4v) is 1.94. The zero-order chi connectivity index (χ0) is 14.8. The number of amides is 1. The van der Waals surface area contributed by atoms with Gasteiger partial charge in [0.05, 0.1) is 4.90 Å². The summed E-state index contributed by atoms with van der Waals surface area (Å²) in [6.45, 7) is 1.83. The number of nitrogens with one attached hydrogen (secondary N) is 1. The Morgan fingerprint density at radius 1 is 1.20 bits per heavy atom. The fraction of sp³-hybridized carbons (Fsp3) is 0.0833. The van der Waals surface area contributed by atoms with E-state index in [4.69, 9.17) is 5.14 Å². The average Bonchev–Trinajstić information content (AvgIpc) is 2.40. The molecule has 0 saturated carbocycles. The molecule has 0 aliphatic rings. The molecule has 0 radical (unpaired) electrons. The van der Waals surface area contributed by atoms with E-state index in [-0.39, 0.29) is 17.8 Å². The molecule has 0 unspecified atom stereocenters. The molecular formula is C12H14N4O3S. The zero-order valence-electron chi connectivity index (χ0n) is 10.6. The van der Waals surface area contributed by atoms with Crippen molar-refractivity contribution in [2.24, 2.45) is 5.14 Å². The van der Waals surface area contributed by atoms with E-state index < -0.39 is 15.9 Å². The highest BCUT2D eigenvalue weighted by Gasteiger charge is 2.11. The molecular weight excluding hydrogens is 280 g/mol. The van der Waals surface area contributed by atoms with Crippen LogP contribution in [0.3, 0.4) is 0 Å². The number of carbonyl (C=O) groups is 1. The predicted molar refractivity (Wildman–Crippen MR) is 74.7 cm³/mol. The van der Waals surface area contributed by atoms with Crippen molar-refractivity contribution in [3.63, 3.8) is 0 Å². The van der Waals surface area contributed by atoms with Crippen LogP contribution in [-0.2, 0) is 10.0 Å². The number of hydrogen-bond acceptors (Lipinski definition) is 5. The molecule has 3 N–H and O–H groups in total. The number of nitrogens with zero attached hydrogens (tertiary/aromatic N) is 2. The minimum absolute atomic E-state index is 0. The summed E-state index contributed by atoms with van der Waals surface area (Å²) in [4.78, 5) is 19.7. The van der Waals surface area contributed by atoms with Crippen LogP contribution >= 0.6 is 0 Å². The lowest BCUT2D eigenvalue weighted by atomic mass is 10.2.